The van der Waals surface area contributed by atoms with Crippen molar-refractivity contribution in [2.24, 2.45) is 0 Å². The maximum atomic E-state index is 13.0. The van der Waals surface area contributed by atoms with E-state index in [1.807, 2.05) is 19.9 Å². The number of thioether (sulfide) groups is 1. The number of aryl methyl sites for hydroxylation is 1. The van der Waals surface area contributed by atoms with Crippen LogP contribution in [0.4, 0.5) is 10.5 Å². The van der Waals surface area contributed by atoms with Crippen LogP contribution >= 0.6 is 27.7 Å². The zero-order valence-corrected chi connectivity index (χ0v) is 22.9. The number of rotatable bonds is 5. The Hall–Kier alpha value is -2.56. The number of likely N-dealkylation sites (tertiary alicyclic amines) is 1. The molecule has 3 amide bonds. The lowest BCUT2D eigenvalue weighted by atomic mass is 10.2. The van der Waals surface area contributed by atoms with Crippen LogP contribution in [0.3, 0.4) is 0 Å². The second kappa shape index (κ2) is 10.4. The number of ether oxygens (including phenoxy) is 1. The highest BCUT2D eigenvalue weighted by molar-refractivity contribution is 9.10. The number of halogens is 1. The van der Waals surface area contributed by atoms with Crippen LogP contribution < -0.4 is 4.90 Å². The van der Waals surface area contributed by atoms with E-state index in [1.54, 1.807) is 11.0 Å². The van der Waals surface area contributed by atoms with Crippen molar-refractivity contribution in [3.63, 3.8) is 0 Å². The third-order valence-corrected chi connectivity index (χ3v) is 8.47. The van der Waals surface area contributed by atoms with Crippen LogP contribution in [0.15, 0.2) is 33.6 Å². The van der Waals surface area contributed by atoms with Crippen molar-refractivity contribution in [3.05, 3.63) is 50.6 Å². The molecule has 0 unspecified atom stereocenters. The van der Waals surface area contributed by atoms with E-state index in [0.717, 1.165) is 88.6 Å². The molecule has 3 aliphatic rings. The van der Waals surface area contributed by atoms with Crippen molar-refractivity contribution in [3.8, 4) is 5.69 Å². The van der Waals surface area contributed by atoms with Gasteiger partial charge >= 0.3 is 0 Å². The molecule has 0 bridgehead atoms. The highest BCUT2D eigenvalue weighted by Gasteiger charge is 2.37. The van der Waals surface area contributed by atoms with Gasteiger partial charge in [0.1, 0.15) is 6.54 Å². The summed E-state index contributed by atoms with van der Waals surface area (Å²) in [5.74, 6) is -0.569. The second-order valence-electron chi connectivity index (χ2n) is 9.25. The Balaban J connectivity index is 1.37. The lowest BCUT2D eigenvalue weighted by Gasteiger charge is -2.30. The third-order valence-electron chi connectivity index (χ3n) is 6.92. The summed E-state index contributed by atoms with van der Waals surface area (Å²) in [6.45, 7) is 8.41. The monoisotopic (exact) mass is 572 g/mol. The van der Waals surface area contributed by atoms with E-state index in [2.05, 4.69) is 43.6 Å². The van der Waals surface area contributed by atoms with Crippen LogP contribution in [0.1, 0.15) is 29.8 Å². The first kappa shape index (κ1) is 25.1. The smallest absolute Gasteiger partial charge is 0.294 e. The summed E-state index contributed by atoms with van der Waals surface area (Å²) in [5.41, 5.74) is 5.02. The summed E-state index contributed by atoms with van der Waals surface area (Å²) in [5, 5.41) is -0.393. The second-order valence-corrected chi connectivity index (χ2v) is 11.1. The largest absolute Gasteiger partial charge is 0.378 e. The highest BCUT2D eigenvalue weighted by atomic mass is 79.9. The number of benzene rings is 1. The van der Waals surface area contributed by atoms with Gasteiger partial charge in [-0.15, -0.1) is 0 Å². The number of hydrogen-bond donors (Lipinski definition) is 0. The summed E-state index contributed by atoms with van der Waals surface area (Å²) >= 11 is 4.64. The predicted octanol–water partition coefficient (Wildman–Crippen LogP) is 4.35. The Morgan fingerprint density at radius 2 is 1.81 bits per heavy atom. The quantitative estimate of drug-likeness (QED) is 0.496. The minimum Gasteiger partial charge on any atom is -0.378 e. The maximum Gasteiger partial charge on any atom is 0.294 e. The number of anilines is 1. The average molecular weight is 574 g/mol. The molecular weight excluding hydrogens is 544 g/mol. The first-order valence-electron chi connectivity index (χ1n) is 12.2. The van der Waals surface area contributed by atoms with Gasteiger partial charge in [0, 0.05) is 47.7 Å². The first-order valence-corrected chi connectivity index (χ1v) is 13.8. The molecular formula is C26H29BrN4O4S. The van der Waals surface area contributed by atoms with E-state index in [-0.39, 0.29) is 12.5 Å². The van der Waals surface area contributed by atoms with Crippen LogP contribution in [-0.2, 0) is 14.3 Å². The molecule has 36 heavy (non-hydrogen) atoms. The van der Waals surface area contributed by atoms with Gasteiger partial charge in [-0.05, 0) is 90.3 Å². The molecule has 0 spiro atoms. The average Bonchev–Trinajstić information content (AvgIpc) is 3.56. The number of aromatic nitrogens is 1. The zero-order chi connectivity index (χ0) is 25.4. The van der Waals surface area contributed by atoms with Gasteiger partial charge in [0.05, 0.1) is 23.8 Å². The summed E-state index contributed by atoms with van der Waals surface area (Å²) in [6, 6.07) is 8.33. The van der Waals surface area contributed by atoms with Crippen LogP contribution in [0.25, 0.3) is 11.8 Å². The molecule has 4 heterocycles. The molecule has 0 radical (unpaired) electrons. The van der Waals surface area contributed by atoms with Crippen molar-refractivity contribution in [2.75, 3.05) is 50.8 Å². The lowest BCUT2D eigenvalue weighted by molar-refractivity contribution is -0.135. The predicted molar refractivity (Wildman–Crippen MR) is 144 cm³/mol. The Morgan fingerprint density at radius 3 is 2.50 bits per heavy atom. The third kappa shape index (κ3) is 4.86. The van der Waals surface area contributed by atoms with Crippen LogP contribution in [0, 0.1) is 13.8 Å². The Morgan fingerprint density at radius 1 is 1.08 bits per heavy atom. The molecule has 0 N–H and O–H groups in total. The van der Waals surface area contributed by atoms with Crippen molar-refractivity contribution < 1.29 is 19.1 Å². The van der Waals surface area contributed by atoms with Crippen molar-refractivity contribution in [1.29, 1.82) is 0 Å². The van der Waals surface area contributed by atoms with E-state index in [9.17, 15) is 14.4 Å². The summed E-state index contributed by atoms with van der Waals surface area (Å²) in [7, 11) is 0. The van der Waals surface area contributed by atoms with E-state index in [0.29, 0.717) is 18.0 Å². The number of carbonyl (C=O) groups is 3. The van der Waals surface area contributed by atoms with Gasteiger partial charge in [0.2, 0.25) is 5.91 Å². The van der Waals surface area contributed by atoms with Crippen molar-refractivity contribution in [2.45, 2.75) is 26.7 Å². The molecule has 10 heteroatoms. The van der Waals surface area contributed by atoms with Gasteiger partial charge in [-0.3, -0.25) is 19.3 Å². The molecule has 2 aromatic rings. The number of nitrogens with zero attached hydrogens (tertiary/aromatic N) is 4. The standard InChI is InChI=1S/C26H29BrN4O4S/c1-17-13-19(14-23-25(33)30(26(34)36-23)16-24(32)29-7-3-4-8-29)18(2)31(17)20-5-6-22(21(27)15-20)28-9-11-35-12-10-28/h5-6,13-15H,3-4,7-12,16H2,1-2H3/b23-14-. The van der Waals surface area contributed by atoms with Crippen LogP contribution in [0.5, 0.6) is 0 Å². The van der Waals surface area contributed by atoms with Gasteiger partial charge in [0.25, 0.3) is 11.1 Å². The van der Waals surface area contributed by atoms with Crippen molar-refractivity contribution >= 4 is 56.5 Å². The topological polar surface area (TPSA) is 75.1 Å². The molecule has 1 aromatic heterocycles. The van der Waals surface area contributed by atoms with Crippen LogP contribution in [-0.4, -0.2) is 77.4 Å². The van der Waals surface area contributed by atoms with E-state index in [4.69, 9.17) is 4.74 Å². The van der Waals surface area contributed by atoms with Gasteiger partial charge in [-0.1, -0.05) is 0 Å². The molecule has 3 saturated heterocycles. The lowest BCUT2D eigenvalue weighted by Crippen LogP contribution is -2.40. The number of imide groups is 1. The Kier molecular flexibility index (Phi) is 7.28. The van der Waals surface area contributed by atoms with E-state index >= 15 is 0 Å². The molecule has 0 saturated carbocycles. The minimum absolute atomic E-state index is 0.166. The van der Waals surface area contributed by atoms with Gasteiger partial charge in [0.15, 0.2) is 0 Å². The minimum atomic E-state index is -0.403. The fraction of sp³-hybridized carbons (Fsp3) is 0.423. The fourth-order valence-corrected chi connectivity index (χ4v) is 6.45. The Labute approximate surface area is 223 Å². The highest BCUT2D eigenvalue weighted by Crippen LogP contribution is 2.35. The molecule has 1 aromatic carbocycles. The van der Waals surface area contributed by atoms with E-state index in [1.165, 1.54) is 0 Å². The maximum absolute atomic E-state index is 13.0. The number of hydrogen-bond acceptors (Lipinski definition) is 6. The Bertz CT molecular complexity index is 1240. The van der Waals surface area contributed by atoms with Gasteiger partial charge in [-0.2, -0.15) is 0 Å². The molecule has 3 aliphatic heterocycles. The summed E-state index contributed by atoms with van der Waals surface area (Å²) < 4.78 is 8.62. The summed E-state index contributed by atoms with van der Waals surface area (Å²) in [6.07, 6.45) is 3.70. The summed E-state index contributed by atoms with van der Waals surface area (Å²) in [4.78, 5) is 43.5. The molecule has 190 valence electrons. The molecule has 0 aliphatic carbocycles. The van der Waals surface area contributed by atoms with Crippen molar-refractivity contribution in [1.82, 2.24) is 14.4 Å². The zero-order valence-electron chi connectivity index (χ0n) is 20.5. The number of amides is 3. The fourth-order valence-electron chi connectivity index (χ4n) is 5.01. The molecule has 0 atom stereocenters. The first-order chi connectivity index (χ1) is 17.3. The molecule has 3 fully saturated rings. The number of carbonyl (C=O) groups excluding carboxylic acids is 3. The number of morpholine rings is 1. The normalized spacial score (nSPS) is 19.8. The SMILES string of the molecule is Cc1cc(/C=C2\SC(=O)N(CC(=O)N3CCCC3)C2=O)c(C)n1-c1ccc(N2CCOCC2)c(Br)c1. The van der Waals surface area contributed by atoms with E-state index < -0.39 is 11.1 Å². The van der Waals surface area contributed by atoms with Gasteiger partial charge < -0.3 is 19.1 Å². The molecule has 5 rings (SSSR count). The van der Waals surface area contributed by atoms with Gasteiger partial charge in [-0.25, -0.2) is 0 Å². The van der Waals surface area contributed by atoms with Crippen LogP contribution in [0.2, 0.25) is 0 Å². The molecule has 8 nitrogen and oxygen atoms in total.